The Morgan fingerprint density at radius 3 is 2.41 bits per heavy atom. The van der Waals surface area contributed by atoms with E-state index in [0.29, 0.717) is 0 Å². The van der Waals surface area contributed by atoms with E-state index in [1.54, 1.807) is 0 Å². The highest BCUT2D eigenvalue weighted by Crippen LogP contribution is 2.13. The number of halogens is 3. The molecule has 17 heavy (non-hydrogen) atoms. The van der Waals surface area contributed by atoms with E-state index >= 15 is 0 Å². The van der Waals surface area contributed by atoms with Gasteiger partial charge in [0.2, 0.25) is 0 Å². The summed E-state index contributed by atoms with van der Waals surface area (Å²) in [6.07, 6.45) is 1.16. The van der Waals surface area contributed by atoms with Crippen molar-refractivity contribution in [3.8, 4) is 0 Å². The maximum Gasteiger partial charge on any atom is 0.0450 e. The fraction of sp³-hybridized carbons (Fsp3) is 0.500. The van der Waals surface area contributed by atoms with Gasteiger partial charge in [-0.1, -0.05) is 29.8 Å². The van der Waals surface area contributed by atoms with Gasteiger partial charge in [-0.2, -0.15) is 0 Å². The van der Waals surface area contributed by atoms with E-state index in [2.05, 4.69) is 30.4 Å². The topological polar surface area (TPSA) is 15.3 Å². The van der Waals surface area contributed by atoms with Gasteiger partial charge in [-0.3, -0.25) is 0 Å². The van der Waals surface area contributed by atoms with Crippen LogP contribution < -0.4 is 5.32 Å². The van der Waals surface area contributed by atoms with Crippen molar-refractivity contribution < 1.29 is 0 Å². The highest BCUT2D eigenvalue weighted by atomic mass is 35.5. The van der Waals surface area contributed by atoms with Crippen LogP contribution in [0.1, 0.15) is 12.0 Å². The second-order valence-electron chi connectivity index (χ2n) is 3.93. The van der Waals surface area contributed by atoms with Gasteiger partial charge in [-0.25, -0.2) is 0 Å². The molecular formula is C12H21Cl3N2. The van der Waals surface area contributed by atoms with Gasteiger partial charge in [0.05, 0.1) is 0 Å². The fourth-order valence-corrected chi connectivity index (χ4v) is 1.59. The lowest BCUT2D eigenvalue weighted by Gasteiger charge is -2.10. The van der Waals surface area contributed by atoms with Crippen molar-refractivity contribution in [2.45, 2.75) is 13.0 Å². The Kier molecular flexibility index (Phi) is 12.7. The number of hydrogen-bond acceptors (Lipinski definition) is 2. The maximum absolute atomic E-state index is 6.04. The summed E-state index contributed by atoms with van der Waals surface area (Å²) in [5.74, 6) is 0. The second-order valence-corrected chi connectivity index (χ2v) is 4.33. The van der Waals surface area contributed by atoms with E-state index < -0.39 is 0 Å². The Hall–Kier alpha value is 0.01000. The number of benzene rings is 1. The van der Waals surface area contributed by atoms with Crippen LogP contribution >= 0.6 is 36.4 Å². The molecule has 0 saturated heterocycles. The van der Waals surface area contributed by atoms with Crippen molar-refractivity contribution in [1.29, 1.82) is 0 Å². The predicted octanol–water partition coefficient (Wildman–Crippen LogP) is 3.22. The second kappa shape index (κ2) is 11.1. The molecule has 5 heteroatoms. The molecule has 0 spiro atoms. The third-order valence-electron chi connectivity index (χ3n) is 2.23. The van der Waals surface area contributed by atoms with Gasteiger partial charge in [-0.15, -0.1) is 24.8 Å². The van der Waals surface area contributed by atoms with E-state index in [-0.39, 0.29) is 24.8 Å². The monoisotopic (exact) mass is 298 g/mol. The summed E-state index contributed by atoms with van der Waals surface area (Å²) in [6.45, 7) is 3.01. The molecule has 1 aromatic carbocycles. The Labute approximate surface area is 122 Å². The minimum atomic E-state index is 0. The van der Waals surface area contributed by atoms with Gasteiger partial charge in [-0.05, 0) is 45.2 Å². The molecule has 0 saturated carbocycles. The van der Waals surface area contributed by atoms with E-state index in [1.165, 1.54) is 5.56 Å². The molecule has 0 aliphatic carbocycles. The molecule has 0 heterocycles. The van der Waals surface area contributed by atoms with Crippen LogP contribution in [-0.4, -0.2) is 32.1 Å². The molecule has 0 atom stereocenters. The van der Waals surface area contributed by atoms with Crippen LogP contribution in [0.3, 0.4) is 0 Å². The summed E-state index contributed by atoms with van der Waals surface area (Å²) in [7, 11) is 4.18. The van der Waals surface area contributed by atoms with Crippen molar-refractivity contribution in [2.75, 3.05) is 27.2 Å². The van der Waals surface area contributed by atoms with Crippen molar-refractivity contribution in [3.05, 3.63) is 34.9 Å². The third-order valence-corrected chi connectivity index (χ3v) is 2.60. The minimum absolute atomic E-state index is 0. The zero-order valence-electron chi connectivity index (χ0n) is 10.3. The average Bonchev–Trinajstić information content (AvgIpc) is 2.20. The molecule has 0 aliphatic rings. The van der Waals surface area contributed by atoms with Crippen molar-refractivity contribution >= 4 is 36.4 Å². The van der Waals surface area contributed by atoms with Crippen LogP contribution in [0, 0.1) is 0 Å². The Morgan fingerprint density at radius 1 is 1.18 bits per heavy atom. The van der Waals surface area contributed by atoms with E-state index in [1.807, 2.05) is 18.2 Å². The first kappa shape index (κ1) is 19.4. The first-order valence-electron chi connectivity index (χ1n) is 5.29. The molecule has 2 nitrogen and oxygen atoms in total. The molecule has 0 bridgehead atoms. The maximum atomic E-state index is 6.04. The number of nitrogens with zero attached hydrogens (tertiary/aromatic N) is 1. The summed E-state index contributed by atoms with van der Waals surface area (Å²) >= 11 is 6.04. The van der Waals surface area contributed by atoms with Gasteiger partial charge in [0.25, 0.3) is 0 Å². The van der Waals surface area contributed by atoms with Crippen molar-refractivity contribution in [3.63, 3.8) is 0 Å². The average molecular weight is 300 g/mol. The molecule has 1 aromatic rings. The van der Waals surface area contributed by atoms with Gasteiger partial charge in [0.15, 0.2) is 0 Å². The van der Waals surface area contributed by atoms with Gasteiger partial charge < -0.3 is 10.2 Å². The van der Waals surface area contributed by atoms with Gasteiger partial charge in [0, 0.05) is 11.6 Å². The summed E-state index contributed by atoms with van der Waals surface area (Å²) in [6, 6.07) is 7.96. The predicted molar refractivity (Wildman–Crippen MR) is 80.8 cm³/mol. The van der Waals surface area contributed by atoms with Crippen LogP contribution in [0.4, 0.5) is 0 Å². The van der Waals surface area contributed by atoms with Crippen LogP contribution in [0.5, 0.6) is 0 Å². The van der Waals surface area contributed by atoms with Crippen LogP contribution in [0.25, 0.3) is 0 Å². The summed E-state index contributed by atoms with van der Waals surface area (Å²) in [5.41, 5.74) is 1.17. The standard InChI is InChI=1S/C12H19ClN2.2ClH/c1-15(2)9-5-8-14-10-11-6-3-4-7-12(11)13;;/h3-4,6-7,14H,5,8-10H2,1-2H3;2*1H. The van der Waals surface area contributed by atoms with Crippen LogP contribution in [-0.2, 0) is 6.54 Å². The summed E-state index contributed by atoms with van der Waals surface area (Å²) in [5, 5.41) is 4.23. The summed E-state index contributed by atoms with van der Waals surface area (Å²) in [4.78, 5) is 2.19. The third kappa shape index (κ3) is 8.70. The quantitative estimate of drug-likeness (QED) is 0.811. The van der Waals surface area contributed by atoms with Crippen LogP contribution in [0.2, 0.25) is 5.02 Å². The molecule has 0 fully saturated rings. The number of rotatable bonds is 6. The zero-order valence-corrected chi connectivity index (χ0v) is 12.7. The highest BCUT2D eigenvalue weighted by molar-refractivity contribution is 6.31. The summed E-state index contributed by atoms with van der Waals surface area (Å²) < 4.78 is 0. The fourth-order valence-electron chi connectivity index (χ4n) is 1.39. The first-order chi connectivity index (χ1) is 7.20. The van der Waals surface area contributed by atoms with Gasteiger partial charge in [0.1, 0.15) is 0 Å². The smallest absolute Gasteiger partial charge is 0.0450 e. The largest absolute Gasteiger partial charge is 0.313 e. The molecule has 1 rings (SSSR count). The molecule has 1 N–H and O–H groups in total. The van der Waals surface area contributed by atoms with Crippen molar-refractivity contribution in [1.82, 2.24) is 10.2 Å². The molecular weight excluding hydrogens is 279 g/mol. The Bertz CT molecular complexity index is 293. The SMILES string of the molecule is CN(C)CCCNCc1ccccc1Cl.Cl.Cl. The van der Waals surface area contributed by atoms with E-state index in [0.717, 1.165) is 31.1 Å². The normalized spacial score (nSPS) is 9.65. The molecule has 0 amide bonds. The van der Waals surface area contributed by atoms with Crippen LogP contribution in [0.15, 0.2) is 24.3 Å². The van der Waals surface area contributed by atoms with Crippen molar-refractivity contribution in [2.24, 2.45) is 0 Å². The zero-order chi connectivity index (χ0) is 11.1. The molecule has 0 unspecified atom stereocenters. The molecule has 0 aliphatic heterocycles. The number of nitrogens with one attached hydrogen (secondary N) is 1. The lowest BCUT2D eigenvalue weighted by molar-refractivity contribution is 0.394. The number of hydrogen-bond donors (Lipinski definition) is 1. The first-order valence-corrected chi connectivity index (χ1v) is 5.67. The highest BCUT2D eigenvalue weighted by Gasteiger charge is 1.97. The Morgan fingerprint density at radius 2 is 1.82 bits per heavy atom. The lowest BCUT2D eigenvalue weighted by Crippen LogP contribution is -2.21. The van der Waals surface area contributed by atoms with Gasteiger partial charge >= 0.3 is 0 Å². The lowest BCUT2D eigenvalue weighted by atomic mass is 10.2. The molecule has 100 valence electrons. The Balaban J connectivity index is 0. The van der Waals surface area contributed by atoms with E-state index in [9.17, 15) is 0 Å². The molecule has 0 aromatic heterocycles. The molecule has 0 radical (unpaired) electrons. The minimum Gasteiger partial charge on any atom is -0.313 e. The van der Waals surface area contributed by atoms with E-state index in [4.69, 9.17) is 11.6 Å².